The SMILES string of the molecule is C[Si](C)(C)/C=C/[Si](c1ccccc1)(c1ccccc1)c1ccccc1. The van der Waals surface area contributed by atoms with Gasteiger partial charge in [0.1, 0.15) is 0 Å². The van der Waals surface area contributed by atoms with Crippen molar-refractivity contribution < 1.29 is 0 Å². The topological polar surface area (TPSA) is 0 Å². The Morgan fingerprint density at radius 1 is 0.480 bits per heavy atom. The summed E-state index contributed by atoms with van der Waals surface area (Å²) in [5.74, 6) is 0. The van der Waals surface area contributed by atoms with Crippen LogP contribution in [0.4, 0.5) is 0 Å². The third-order valence-corrected chi connectivity index (χ3v) is 10.4. The lowest BCUT2D eigenvalue weighted by atomic mass is 10.3. The Hall–Kier alpha value is -2.17. The molecule has 0 atom stereocenters. The standard InChI is InChI=1S/C23H26Si2/c1-24(2,3)19-20-25(21-13-7-4-8-14-21,22-15-9-5-10-16-22)23-17-11-6-12-18-23/h4-20H,1-3H3/b20-19+. The van der Waals surface area contributed by atoms with Crippen molar-refractivity contribution in [2.24, 2.45) is 0 Å². The zero-order valence-electron chi connectivity index (χ0n) is 15.3. The van der Waals surface area contributed by atoms with E-state index < -0.39 is 16.1 Å². The molecule has 0 aliphatic carbocycles. The van der Waals surface area contributed by atoms with Crippen LogP contribution in [0.3, 0.4) is 0 Å². The first-order chi connectivity index (χ1) is 12.0. The van der Waals surface area contributed by atoms with Gasteiger partial charge in [-0.25, -0.2) is 0 Å². The van der Waals surface area contributed by atoms with Gasteiger partial charge in [0.25, 0.3) is 0 Å². The van der Waals surface area contributed by atoms with Crippen molar-refractivity contribution in [1.82, 2.24) is 0 Å². The van der Waals surface area contributed by atoms with E-state index in [4.69, 9.17) is 0 Å². The molecular formula is C23H26Si2. The predicted octanol–water partition coefficient (Wildman–Crippen LogP) is 4.13. The van der Waals surface area contributed by atoms with Gasteiger partial charge in [0.15, 0.2) is 8.07 Å². The zero-order chi connectivity index (χ0) is 17.8. The van der Waals surface area contributed by atoms with Crippen LogP contribution in [0.25, 0.3) is 0 Å². The van der Waals surface area contributed by atoms with E-state index in [2.05, 4.69) is 122 Å². The fourth-order valence-corrected chi connectivity index (χ4v) is 10.00. The Kier molecular flexibility index (Phi) is 5.21. The van der Waals surface area contributed by atoms with E-state index in [1.54, 1.807) is 0 Å². The molecule has 0 saturated heterocycles. The molecule has 0 amide bonds. The molecule has 0 heterocycles. The van der Waals surface area contributed by atoms with Crippen LogP contribution < -0.4 is 15.6 Å². The maximum Gasteiger partial charge on any atom is 0.171 e. The fraction of sp³-hybridized carbons (Fsp3) is 0.130. The molecule has 0 aliphatic rings. The van der Waals surface area contributed by atoms with Crippen LogP contribution >= 0.6 is 0 Å². The van der Waals surface area contributed by atoms with E-state index in [1.165, 1.54) is 15.6 Å². The van der Waals surface area contributed by atoms with E-state index in [0.717, 1.165) is 0 Å². The highest BCUT2D eigenvalue weighted by Crippen LogP contribution is 2.12. The van der Waals surface area contributed by atoms with Crippen molar-refractivity contribution in [2.75, 3.05) is 0 Å². The van der Waals surface area contributed by atoms with Crippen LogP contribution in [0.2, 0.25) is 19.6 Å². The first-order valence-corrected chi connectivity index (χ1v) is 14.5. The molecule has 3 aromatic rings. The van der Waals surface area contributed by atoms with Crippen LogP contribution in [0.5, 0.6) is 0 Å². The summed E-state index contributed by atoms with van der Waals surface area (Å²) in [5, 5.41) is 4.34. The van der Waals surface area contributed by atoms with Crippen LogP contribution in [-0.2, 0) is 0 Å². The van der Waals surface area contributed by atoms with Gasteiger partial charge in [0.2, 0.25) is 0 Å². The van der Waals surface area contributed by atoms with Gasteiger partial charge in [-0.15, -0.1) is 5.70 Å². The summed E-state index contributed by atoms with van der Waals surface area (Å²) in [7, 11) is -3.49. The van der Waals surface area contributed by atoms with E-state index in [1.807, 2.05) is 0 Å². The highest BCUT2D eigenvalue weighted by atomic mass is 28.3. The molecule has 0 aliphatic heterocycles. The lowest BCUT2D eigenvalue weighted by molar-refractivity contribution is 1.68. The fourth-order valence-electron chi connectivity index (χ4n) is 3.27. The van der Waals surface area contributed by atoms with E-state index in [0.29, 0.717) is 0 Å². The molecule has 0 spiro atoms. The van der Waals surface area contributed by atoms with Crippen molar-refractivity contribution in [3.8, 4) is 0 Å². The van der Waals surface area contributed by atoms with Gasteiger partial charge < -0.3 is 0 Å². The molecule has 0 saturated carbocycles. The molecule has 0 fully saturated rings. The molecule has 2 heteroatoms. The van der Waals surface area contributed by atoms with Crippen molar-refractivity contribution >= 4 is 31.7 Å². The van der Waals surface area contributed by atoms with Crippen molar-refractivity contribution in [3.05, 3.63) is 102 Å². The average molecular weight is 359 g/mol. The van der Waals surface area contributed by atoms with Crippen molar-refractivity contribution in [3.63, 3.8) is 0 Å². The molecule has 0 radical (unpaired) electrons. The van der Waals surface area contributed by atoms with Gasteiger partial charge in [-0.05, 0) is 15.6 Å². The Labute approximate surface area is 153 Å². The summed E-state index contributed by atoms with van der Waals surface area (Å²) in [6.07, 6.45) is 0. The molecule has 3 aromatic carbocycles. The second-order valence-corrected chi connectivity index (χ2v) is 16.4. The highest BCUT2D eigenvalue weighted by Gasteiger charge is 2.37. The third kappa shape index (κ3) is 3.92. The third-order valence-electron chi connectivity index (χ3n) is 4.52. The molecule has 0 aromatic heterocycles. The molecule has 0 bridgehead atoms. The van der Waals surface area contributed by atoms with Gasteiger partial charge in [-0.1, -0.05) is 116 Å². The van der Waals surface area contributed by atoms with Crippen molar-refractivity contribution in [2.45, 2.75) is 19.6 Å². The molecule has 0 unspecified atom stereocenters. The van der Waals surface area contributed by atoms with E-state index in [9.17, 15) is 0 Å². The maximum absolute atomic E-state index is 2.58. The molecular weight excluding hydrogens is 332 g/mol. The molecule has 0 N–H and O–H groups in total. The Morgan fingerprint density at radius 3 is 1.08 bits per heavy atom. The van der Waals surface area contributed by atoms with E-state index in [-0.39, 0.29) is 0 Å². The number of rotatable bonds is 5. The summed E-state index contributed by atoms with van der Waals surface area (Å²) in [6, 6.07) is 33.2. The van der Waals surface area contributed by atoms with Crippen LogP contribution in [0.1, 0.15) is 0 Å². The summed E-state index contributed by atoms with van der Waals surface area (Å²) in [5.41, 5.74) is 5.12. The molecule has 3 rings (SSSR count). The summed E-state index contributed by atoms with van der Waals surface area (Å²) in [4.78, 5) is 0. The quantitative estimate of drug-likeness (QED) is 0.475. The van der Waals surface area contributed by atoms with Crippen LogP contribution in [0, 0.1) is 0 Å². The Morgan fingerprint density at radius 2 is 0.800 bits per heavy atom. The lowest BCUT2D eigenvalue weighted by Crippen LogP contribution is -2.66. The maximum atomic E-state index is 2.58. The summed E-state index contributed by atoms with van der Waals surface area (Å²) in [6.45, 7) is 7.22. The van der Waals surface area contributed by atoms with Crippen molar-refractivity contribution in [1.29, 1.82) is 0 Å². The predicted molar refractivity (Wildman–Crippen MR) is 116 cm³/mol. The highest BCUT2D eigenvalue weighted by molar-refractivity contribution is 7.15. The van der Waals surface area contributed by atoms with Gasteiger partial charge in [-0.3, -0.25) is 0 Å². The monoisotopic (exact) mass is 358 g/mol. The van der Waals surface area contributed by atoms with E-state index >= 15 is 0 Å². The number of benzene rings is 3. The van der Waals surface area contributed by atoms with Gasteiger partial charge in [-0.2, -0.15) is 0 Å². The number of hydrogen-bond donors (Lipinski definition) is 0. The second-order valence-electron chi connectivity index (χ2n) is 7.61. The largest absolute Gasteiger partial charge is 0.171 e. The summed E-state index contributed by atoms with van der Waals surface area (Å²) < 4.78 is 0. The Balaban J connectivity index is 2.34. The second kappa shape index (κ2) is 7.38. The molecule has 25 heavy (non-hydrogen) atoms. The minimum absolute atomic E-state index is 1.31. The minimum Gasteiger partial charge on any atom is -0.102 e. The average Bonchev–Trinajstić information content (AvgIpc) is 2.64. The minimum atomic E-state index is -2.18. The van der Waals surface area contributed by atoms with Crippen LogP contribution in [0.15, 0.2) is 102 Å². The zero-order valence-corrected chi connectivity index (χ0v) is 17.3. The first-order valence-electron chi connectivity index (χ1n) is 8.89. The smallest absolute Gasteiger partial charge is 0.102 e. The van der Waals surface area contributed by atoms with Crippen LogP contribution in [-0.4, -0.2) is 16.1 Å². The Bertz CT molecular complexity index is 720. The lowest BCUT2D eigenvalue weighted by Gasteiger charge is -2.31. The first kappa shape index (κ1) is 17.7. The normalized spacial score (nSPS) is 12.4. The molecule has 126 valence electrons. The van der Waals surface area contributed by atoms with Gasteiger partial charge in [0.05, 0.1) is 8.07 Å². The van der Waals surface area contributed by atoms with Gasteiger partial charge >= 0.3 is 0 Å². The van der Waals surface area contributed by atoms with Gasteiger partial charge in [0, 0.05) is 0 Å². The molecule has 0 nitrogen and oxygen atoms in total. The summed E-state index contributed by atoms with van der Waals surface area (Å²) >= 11 is 0. The number of hydrogen-bond acceptors (Lipinski definition) is 0.